The second kappa shape index (κ2) is 5.84. The molecule has 6 nitrogen and oxygen atoms in total. The molecule has 1 heterocycles. The van der Waals surface area contributed by atoms with Gasteiger partial charge in [0.15, 0.2) is 6.29 Å². The molecule has 0 aromatic heterocycles. The highest BCUT2D eigenvalue weighted by atomic mass is 32.2. The zero-order valence-electron chi connectivity index (χ0n) is 9.64. The Balaban J connectivity index is 2.94. The van der Waals surface area contributed by atoms with Crippen molar-refractivity contribution in [3.05, 3.63) is 0 Å². The Morgan fingerprint density at radius 2 is 2.44 bits per heavy atom. The van der Waals surface area contributed by atoms with Crippen molar-refractivity contribution in [1.82, 2.24) is 9.62 Å². The molecule has 0 aromatic carbocycles. The Morgan fingerprint density at radius 1 is 1.75 bits per heavy atom. The number of nitrogens with one attached hydrogen (secondary N) is 1. The normalized spacial score (nSPS) is 22.2. The molecule has 0 radical (unpaired) electrons. The van der Waals surface area contributed by atoms with Crippen molar-refractivity contribution >= 4 is 23.8 Å². The van der Waals surface area contributed by atoms with Gasteiger partial charge < -0.3 is 0 Å². The SMILES string of the molecule is CCNC1N=C(C(C)C#N)N=C(C)N1SN. The maximum Gasteiger partial charge on any atom is 0.189 e. The smallest absolute Gasteiger partial charge is 0.189 e. The number of nitriles is 1. The van der Waals surface area contributed by atoms with Gasteiger partial charge in [-0.1, -0.05) is 6.92 Å². The van der Waals surface area contributed by atoms with E-state index in [1.807, 2.05) is 13.8 Å². The number of nitrogens with two attached hydrogens (primary N) is 1. The van der Waals surface area contributed by atoms with Crippen molar-refractivity contribution in [3.63, 3.8) is 0 Å². The largest absolute Gasteiger partial charge is 0.278 e. The van der Waals surface area contributed by atoms with E-state index in [0.717, 1.165) is 24.5 Å². The van der Waals surface area contributed by atoms with Crippen LogP contribution in [0.2, 0.25) is 0 Å². The highest BCUT2D eigenvalue weighted by Crippen LogP contribution is 2.16. The highest BCUT2D eigenvalue weighted by Gasteiger charge is 2.25. The minimum atomic E-state index is -0.305. The standard InChI is InChI=1S/C9H16N6S/c1-4-12-9-14-8(6(2)5-10)13-7(3)15(9)16-11/h6,9,12H,4,11H2,1-3H3. The number of amidine groups is 2. The summed E-state index contributed by atoms with van der Waals surface area (Å²) in [6.07, 6.45) is -0.247. The summed E-state index contributed by atoms with van der Waals surface area (Å²) in [6.45, 7) is 6.39. The zero-order chi connectivity index (χ0) is 12.1. The van der Waals surface area contributed by atoms with E-state index in [-0.39, 0.29) is 12.2 Å². The fourth-order valence-electron chi connectivity index (χ4n) is 1.31. The lowest BCUT2D eigenvalue weighted by molar-refractivity contribution is 0.401. The Hall–Kier alpha value is -1.10. The van der Waals surface area contributed by atoms with Gasteiger partial charge in [-0.25, -0.2) is 9.98 Å². The van der Waals surface area contributed by atoms with Gasteiger partial charge in [0.25, 0.3) is 0 Å². The van der Waals surface area contributed by atoms with E-state index in [0.29, 0.717) is 5.84 Å². The molecule has 0 spiro atoms. The van der Waals surface area contributed by atoms with E-state index < -0.39 is 0 Å². The van der Waals surface area contributed by atoms with Gasteiger partial charge in [-0.15, -0.1) is 0 Å². The minimum Gasteiger partial charge on any atom is -0.278 e. The van der Waals surface area contributed by atoms with Crippen LogP contribution in [0.3, 0.4) is 0 Å². The van der Waals surface area contributed by atoms with Crippen LogP contribution < -0.4 is 10.5 Å². The van der Waals surface area contributed by atoms with E-state index in [4.69, 9.17) is 10.4 Å². The van der Waals surface area contributed by atoms with Crippen LogP contribution in [-0.2, 0) is 0 Å². The second-order valence-corrected chi connectivity index (χ2v) is 3.96. The lowest BCUT2D eigenvalue weighted by Crippen LogP contribution is -2.47. The second-order valence-electron chi connectivity index (χ2n) is 3.36. The Kier molecular flexibility index (Phi) is 4.73. The van der Waals surface area contributed by atoms with Crippen molar-refractivity contribution in [2.24, 2.45) is 21.0 Å². The molecule has 0 aliphatic carbocycles. The molecule has 0 saturated carbocycles. The summed E-state index contributed by atoms with van der Waals surface area (Å²) in [5.41, 5.74) is 0. The minimum absolute atomic E-state index is 0.247. The first kappa shape index (κ1) is 13.0. The van der Waals surface area contributed by atoms with Gasteiger partial charge in [0, 0.05) is 12.1 Å². The lowest BCUT2D eigenvalue weighted by atomic mass is 10.2. The molecule has 2 atom stereocenters. The van der Waals surface area contributed by atoms with Crippen molar-refractivity contribution in [1.29, 1.82) is 5.26 Å². The number of aliphatic imine (C=N–C) groups is 2. The van der Waals surface area contributed by atoms with Crippen molar-refractivity contribution in [2.45, 2.75) is 27.1 Å². The van der Waals surface area contributed by atoms with Gasteiger partial charge in [-0.2, -0.15) is 5.26 Å². The average molecular weight is 240 g/mol. The molecule has 0 bridgehead atoms. The summed E-state index contributed by atoms with van der Waals surface area (Å²) in [7, 11) is 0. The van der Waals surface area contributed by atoms with Gasteiger partial charge in [0.1, 0.15) is 17.6 Å². The highest BCUT2D eigenvalue weighted by molar-refractivity contribution is 7.95. The van der Waals surface area contributed by atoms with Gasteiger partial charge in [-0.3, -0.25) is 14.8 Å². The summed E-state index contributed by atoms with van der Waals surface area (Å²) < 4.78 is 1.77. The van der Waals surface area contributed by atoms with E-state index >= 15 is 0 Å². The molecule has 88 valence electrons. The van der Waals surface area contributed by atoms with Crippen molar-refractivity contribution in [2.75, 3.05) is 6.54 Å². The Labute approximate surface area is 99.9 Å². The molecule has 0 aromatic rings. The monoisotopic (exact) mass is 240 g/mol. The Morgan fingerprint density at radius 3 is 2.94 bits per heavy atom. The lowest BCUT2D eigenvalue weighted by Gasteiger charge is -2.31. The molecule has 3 N–H and O–H groups in total. The molecule has 7 heteroatoms. The predicted octanol–water partition coefficient (Wildman–Crippen LogP) is 0.694. The van der Waals surface area contributed by atoms with Crippen LogP contribution in [0.25, 0.3) is 0 Å². The molecule has 1 aliphatic heterocycles. The summed E-state index contributed by atoms with van der Waals surface area (Å²) >= 11 is 1.07. The molecular weight excluding hydrogens is 224 g/mol. The van der Waals surface area contributed by atoms with E-state index in [1.165, 1.54) is 0 Å². The number of rotatable bonds is 4. The van der Waals surface area contributed by atoms with Crippen molar-refractivity contribution < 1.29 is 0 Å². The topological polar surface area (TPSA) is 89.8 Å². The fraction of sp³-hybridized carbons (Fsp3) is 0.667. The van der Waals surface area contributed by atoms with Gasteiger partial charge in [-0.05, 0) is 20.4 Å². The van der Waals surface area contributed by atoms with Crippen LogP contribution in [0.5, 0.6) is 0 Å². The summed E-state index contributed by atoms with van der Waals surface area (Å²) in [5, 5.41) is 17.6. The molecule has 0 saturated heterocycles. The summed E-state index contributed by atoms with van der Waals surface area (Å²) in [4.78, 5) is 8.63. The van der Waals surface area contributed by atoms with Crippen molar-refractivity contribution in [3.8, 4) is 6.07 Å². The van der Waals surface area contributed by atoms with Crippen LogP contribution in [-0.4, -0.2) is 28.8 Å². The van der Waals surface area contributed by atoms with Crippen LogP contribution >= 0.6 is 12.1 Å². The third-order valence-corrected chi connectivity index (χ3v) is 2.84. The Bertz CT molecular complexity index is 344. The van der Waals surface area contributed by atoms with Crippen LogP contribution in [0.1, 0.15) is 20.8 Å². The van der Waals surface area contributed by atoms with Gasteiger partial charge in [0.2, 0.25) is 0 Å². The predicted molar refractivity (Wildman–Crippen MR) is 66.4 cm³/mol. The number of hydrogen-bond acceptors (Lipinski definition) is 7. The quantitative estimate of drug-likeness (QED) is 0.706. The molecule has 0 amide bonds. The zero-order valence-corrected chi connectivity index (χ0v) is 10.5. The van der Waals surface area contributed by atoms with E-state index in [2.05, 4.69) is 21.4 Å². The number of nitrogens with zero attached hydrogens (tertiary/aromatic N) is 4. The number of hydrogen-bond donors (Lipinski definition) is 2. The molecule has 1 aliphatic rings. The molecule has 0 fully saturated rings. The van der Waals surface area contributed by atoms with Crippen LogP contribution in [0, 0.1) is 17.2 Å². The third kappa shape index (κ3) is 2.72. The first-order chi connectivity index (χ1) is 7.63. The van der Waals surface area contributed by atoms with E-state index in [9.17, 15) is 0 Å². The maximum atomic E-state index is 8.85. The third-order valence-electron chi connectivity index (χ3n) is 2.15. The van der Waals surface area contributed by atoms with E-state index in [1.54, 1.807) is 11.2 Å². The molecule has 1 rings (SSSR count). The summed E-state index contributed by atoms with van der Waals surface area (Å²) in [5.74, 6) is 1.00. The molecular formula is C9H16N6S. The summed E-state index contributed by atoms with van der Waals surface area (Å²) in [6, 6.07) is 2.13. The maximum absolute atomic E-state index is 8.85. The average Bonchev–Trinajstić information content (AvgIpc) is 2.28. The molecule has 2 unspecified atom stereocenters. The first-order valence-electron chi connectivity index (χ1n) is 5.06. The fourth-order valence-corrected chi connectivity index (χ4v) is 1.74. The first-order valence-corrected chi connectivity index (χ1v) is 5.89. The molecule has 16 heavy (non-hydrogen) atoms. The van der Waals surface area contributed by atoms with Gasteiger partial charge in [0.05, 0.1) is 6.07 Å². The van der Waals surface area contributed by atoms with Gasteiger partial charge >= 0.3 is 0 Å². The van der Waals surface area contributed by atoms with Crippen LogP contribution in [0.15, 0.2) is 9.98 Å². The van der Waals surface area contributed by atoms with Crippen LogP contribution in [0.4, 0.5) is 0 Å².